The minimum Gasteiger partial charge on any atom is -0.462 e. The van der Waals surface area contributed by atoms with Crippen molar-refractivity contribution in [3.05, 3.63) is 0 Å². The number of esters is 2. The maximum Gasteiger partial charge on any atom is 0.306 e. The Labute approximate surface area is 135 Å². The summed E-state index contributed by atoms with van der Waals surface area (Å²) in [6.07, 6.45) is 6.22. The average Bonchev–Trinajstić information content (AvgIpc) is 2.46. The molecule has 0 radical (unpaired) electrons. The van der Waals surface area contributed by atoms with E-state index >= 15 is 0 Å². The van der Waals surface area contributed by atoms with Gasteiger partial charge in [-0.1, -0.05) is 40.5 Å². The first kappa shape index (κ1) is 20.9. The van der Waals surface area contributed by atoms with Gasteiger partial charge in [0.2, 0.25) is 0 Å². The zero-order valence-corrected chi connectivity index (χ0v) is 15.0. The lowest BCUT2D eigenvalue weighted by atomic mass is 10.1. The van der Waals surface area contributed by atoms with Crippen LogP contribution in [0, 0.1) is 5.92 Å². The van der Waals surface area contributed by atoms with Gasteiger partial charge >= 0.3 is 11.9 Å². The van der Waals surface area contributed by atoms with E-state index in [9.17, 15) is 9.59 Å². The van der Waals surface area contributed by atoms with Crippen molar-refractivity contribution >= 4 is 11.9 Å². The maximum absolute atomic E-state index is 11.8. The van der Waals surface area contributed by atoms with Crippen LogP contribution in [0.1, 0.15) is 86.0 Å². The number of ether oxygens (including phenoxy) is 2. The molecular formula is C18H34O4. The Hall–Kier alpha value is -1.06. The van der Waals surface area contributed by atoms with Gasteiger partial charge in [0, 0.05) is 12.8 Å². The Kier molecular flexibility index (Phi) is 11.9. The van der Waals surface area contributed by atoms with Crippen molar-refractivity contribution in [2.45, 2.75) is 98.2 Å². The molecule has 4 heteroatoms. The quantitative estimate of drug-likeness (QED) is 0.389. The van der Waals surface area contributed by atoms with Gasteiger partial charge < -0.3 is 9.47 Å². The molecule has 0 aliphatic carbocycles. The van der Waals surface area contributed by atoms with Gasteiger partial charge in [0.25, 0.3) is 0 Å². The highest BCUT2D eigenvalue weighted by atomic mass is 16.5. The van der Waals surface area contributed by atoms with Crippen molar-refractivity contribution in [2.75, 3.05) is 0 Å². The van der Waals surface area contributed by atoms with Gasteiger partial charge in [0.1, 0.15) is 12.2 Å². The lowest BCUT2D eigenvalue weighted by Gasteiger charge is -2.17. The lowest BCUT2D eigenvalue weighted by Crippen LogP contribution is -2.20. The number of rotatable bonds is 12. The van der Waals surface area contributed by atoms with Crippen molar-refractivity contribution in [3.63, 3.8) is 0 Å². The SMILES string of the molecule is CCCCCC(CC)OC(=O)CCCC(=O)OC(C)C(C)C. The third-order valence-electron chi connectivity index (χ3n) is 3.90. The molecule has 0 bridgehead atoms. The monoisotopic (exact) mass is 314 g/mol. The van der Waals surface area contributed by atoms with Crippen LogP contribution in [0.3, 0.4) is 0 Å². The molecule has 0 heterocycles. The molecule has 0 saturated heterocycles. The molecule has 22 heavy (non-hydrogen) atoms. The summed E-state index contributed by atoms with van der Waals surface area (Å²) >= 11 is 0. The van der Waals surface area contributed by atoms with Gasteiger partial charge in [-0.2, -0.15) is 0 Å². The molecule has 0 spiro atoms. The highest BCUT2D eigenvalue weighted by Gasteiger charge is 2.15. The third kappa shape index (κ3) is 10.6. The van der Waals surface area contributed by atoms with Crippen molar-refractivity contribution in [3.8, 4) is 0 Å². The second-order valence-corrected chi connectivity index (χ2v) is 6.31. The van der Waals surface area contributed by atoms with Gasteiger partial charge in [-0.15, -0.1) is 0 Å². The van der Waals surface area contributed by atoms with Crippen molar-refractivity contribution in [1.29, 1.82) is 0 Å². The molecule has 0 aromatic carbocycles. The molecule has 2 atom stereocenters. The van der Waals surface area contributed by atoms with Crippen LogP contribution >= 0.6 is 0 Å². The minimum absolute atomic E-state index is 0.0203. The Bertz CT molecular complexity index is 312. The van der Waals surface area contributed by atoms with Gasteiger partial charge in [0.05, 0.1) is 0 Å². The second-order valence-electron chi connectivity index (χ2n) is 6.31. The second kappa shape index (κ2) is 12.5. The third-order valence-corrected chi connectivity index (χ3v) is 3.90. The summed E-state index contributed by atoms with van der Waals surface area (Å²) in [5.74, 6) is -0.126. The average molecular weight is 314 g/mol. The van der Waals surface area contributed by atoms with E-state index in [4.69, 9.17) is 9.47 Å². The van der Waals surface area contributed by atoms with Crippen molar-refractivity contribution in [2.24, 2.45) is 5.92 Å². The number of hydrogen-bond acceptors (Lipinski definition) is 4. The number of unbranched alkanes of at least 4 members (excludes halogenated alkanes) is 2. The van der Waals surface area contributed by atoms with Gasteiger partial charge in [-0.25, -0.2) is 0 Å². The zero-order valence-electron chi connectivity index (χ0n) is 15.0. The van der Waals surface area contributed by atoms with Crippen molar-refractivity contribution < 1.29 is 19.1 Å². The number of carbonyl (C=O) groups excluding carboxylic acids is 2. The van der Waals surface area contributed by atoms with Crippen LogP contribution in [0.15, 0.2) is 0 Å². The summed E-state index contributed by atoms with van der Waals surface area (Å²) in [4.78, 5) is 23.4. The van der Waals surface area contributed by atoms with Crippen molar-refractivity contribution in [1.82, 2.24) is 0 Å². The van der Waals surface area contributed by atoms with Crippen LogP contribution in [0.25, 0.3) is 0 Å². The van der Waals surface area contributed by atoms with Crippen LogP contribution < -0.4 is 0 Å². The zero-order chi connectivity index (χ0) is 17.0. The molecule has 0 amide bonds. The van der Waals surface area contributed by atoms with Gasteiger partial charge in [-0.3, -0.25) is 9.59 Å². The van der Waals surface area contributed by atoms with E-state index in [0.29, 0.717) is 12.3 Å². The predicted molar refractivity (Wildman–Crippen MR) is 88.6 cm³/mol. The van der Waals surface area contributed by atoms with E-state index in [1.54, 1.807) is 0 Å². The van der Waals surface area contributed by atoms with Crippen LogP contribution in [0.2, 0.25) is 0 Å². The topological polar surface area (TPSA) is 52.6 Å². The van der Waals surface area contributed by atoms with E-state index in [1.165, 1.54) is 12.8 Å². The molecule has 0 N–H and O–H groups in total. The first-order valence-electron chi connectivity index (χ1n) is 8.79. The highest BCUT2D eigenvalue weighted by Crippen LogP contribution is 2.12. The van der Waals surface area contributed by atoms with Crippen LogP contribution in [-0.4, -0.2) is 24.1 Å². The summed E-state index contributed by atoms with van der Waals surface area (Å²) in [6, 6.07) is 0. The summed E-state index contributed by atoms with van der Waals surface area (Å²) in [6.45, 7) is 10.1. The molecule has 0 rings (SSSR count). The van der Waals surface area contributed by atoms with Crippen LogP contribution in [0.5, 0.6) is 0 Å². The van der Waals surface area contributed by atoms with E-state index in [0.717, 1.165) is 19.3 Å². The molecule has 0 aromatic heterocycles. The van der Waals surface area contributed by atoms with E-state index in [-0.39, 0.29) is 37.0 Å². The molecule has 0 fully saturated rings. The Morgan fingerprint density at radius 2 is 1.45 bits per heavy atom. The first-order valence-corrected chi connectivity index (χ1v) is 8.79. The molecule has 2 unspecified atom stereocenters. The molecule has 0 aliphatic heterocycles. The fourth-order valence-electron chi connectivity index (χ4n) is 1.99. The molecule has 0 aromatic rings. The fraction of sp³-hybridized carbons (Fsp3) is 0.889. The van der Waals surface area contributed by atoms with Crippen LogP contribution in [-0.2, 0) is 19.1 Å². The van der Waals surface area contributed by atoms with E-state index < -0.39 is 0 Å². The minimum atomic E-state index is -0.232. The Morgan fingerprint density at radius 1 is 0.864 bits per heavy atom. The summed E-state index contributed by atoms with van der Waals surface area (Å²) in [7, 11) is 0. The van der Waals surface area contributed by atoms with Gasteiger partial charge in [0.15, 0.2) is 0 Å². The molecule has 130 valence electrons. The number of carbonyl (C=O) groups is 2. The summed E-state index contributed by atoms with van der Waals surface area (Å²) < 4.78 is 10.7. The molecule has 0 aliphatic rings. The standard InChI is InChI=1S/C18H34O4/c1-6-8-9-11-16(7-2)22-18(20)13-10-12-17(19)21-15(5)14(3)4/h14-16H,6-13H2,1-5H3. The van der Waals surface area contributed by atoms with E-state index in [2.05, 4.69) is 6.92 Å². The number of hydrogen-bond donors (Lipinski definition) is 0. The Balaban J connectivity index is 3.85. The van der Waals surface area contributed by atoms with Gasteiger partial charge in [-0.05, 0) is 38.5 Å². The van der Waals surface area contributed by atoms with E-state index in [1.807, 2.05) is 27.7 Å². The fourth-order valence-corrected chi connectivity index (χ4v) is 1.99. The smallest absolute Gasteiger partial charge is 0.306 e. The largest absolute Gasteiger partial charge is 0.462 e. The normalized spacial score (nSPS) is 13.7. The predicted octanol–water partition coefficient (Wildman–Crippen LogP) is 4.65. The molecule has 4 nitrogen and oxygen atoms in total. The Morgan fingerprint density at radius 3 is 1.95 bits per heavy atom. The lowest BCUT2D eigenvalue weighted by molar-refractivity contribution is -0.151. The van der Waals surface area contributed by atoms with Crippen LogP contribution in [0.4, 0.5) is 0 Å². The molecule has 0 saturated carbocycles. The highest BCUT2D eigenvalue weighted by molar-refractivity contribution is 5.72. The summed E-state index contributed by atoms with van der Waals surface area (Å²) in [5.41, 5.74) is 0. The summed E-state index contributed by atoms with van der Waals surface area (Å²) in [5, 5.41) is 0. The maximum atomic E-state index is 11.8. The molecular weight excluding hydrogens is 280 g/mol. The first-order chi connectivity index (χ1) is 10.4.